The summed E-state index contributed by atoms with van der Waals surface area (Å²) < 4.78 is 5.98. The number of nitrogens with one attached hydrogen (secondary N) is 2. The van der Waals surface area contributed by atoms with Gasteiger partial charge in [-0.3, -0.25) is 14.7 Å². The Balaban J connectivity index is 0.00000300. The summed E-state index contributed by atoms with van der Waals surface area (Å²) in [5.74, 6) is 1.01. The summed E-state index contributed by atoms with van der Waals surface area (Å²) in [4.78, 5) is 18.1. The maximum atomic E-state index is 11.1. The smallest absolute Gasteiger partial charge is 0.231 e. The third-order valence-corrected chi connectivity index (χ3v) is 5.48. The predicted octanol–water partition coefficient (Wildman–Crippen LogP) is 1.89. The number of nitrogens with zero attached hydrogens (tertiary/aromatic N) is 2. The van der Waals surface area contributed by atoms with Crippen LogP contribution in [-0.2, 0) is 9.53 Å². The van der Waals surface area contributed by atoms with Crippen molar-refractivity contribution in [2.24, 2.45) is 16.6 Å². The Hall–Kier alpha value is -1.39. The van der Waals surface area contributed by atoms with Gasteiger partial charge in [0, 0.05) is 44.7 Å². The summed E-state index contributed by atoms with van der Waals surface area (Å²) in [7, 11) is 0. The second kappa shape index (κ2) is 12.3. The number of ether oxygens (including phenoxy) is 1. The molecule has 1 amide bonds. The van der Waals surface area contributed by atoms with Crippen molar-refractivity contribution in [2.45, 2.75) is 38.3 Å². The molecule has 0 spiro atoms. The number of nitrogens with two attached hydrogens (primary N) is 1. The monoisotopic (exact) mass is 515 g/mol. The maximum absolute atomic E-state index is 11.1. The van der Waals surface area contributed by atoms with Crippen molar-refractivity contribution < 1.29 is 9.53 Å². The summed E-state index contributed by atoms with van der Waals surface area (Å²) in [5, 5.41) is 6.93. The molecule has 7 nitrogen and oxygen atoms in total. The number of hydrogen-bond donors (Lipinski definition) is 3. The van der Waals surface area contributed by atoms with Crippen LogP contribution in [0, 0.1) is 5.92 Å². The molecule has 0 bridgehead atoms. The van der Waals surface area contributed by atoms with E-state index in [1.807, 2.05) is 6.07 Å². The van der Waals surface area contributed by atoms with Crippen LogP contribution in [-0.4, -0.2) is 62.1 Å². The highest BCUT2D eigenvalue weighted by molar-refractivity contribution is 14.0. The largest absolute Gasteiger partial charge is 0.373 e. The lowest BCUT2D eigenvalue weighted by Gasteiger charge is -2.32. The van der Waals surface area contributed by atoms with E-state index in [1.165, 1.54) is 5.56 Å². The summed E-state index contributed by atoms with van der Waals surface area (Å²) in [6.07, 6.45) is 3.13. The second-order valence-corrected chi connectivity index (χ2v) is 7.63. The number of halogens is 1. The van der Waals surface area contributed by atoms with E-state index in [-0.39, 0.29) is 36.0 Å². The standard InChI is InChI=1S/C21H33N5O2.HI/c1-2-23-21(25-18-8-11-26(12-9-18)15-19(22)27)24-14-17-10-13-28-20(17)16-6-4-3-5-7-16;/h3-7,17-18,20H,2,8-15H2,1H3,(H2,22,27)(H2,23,24,25);1H. The number of benzene rings is 1. The number of hydrogen-bond acceptors (Lipinski definition) is 4. The molecular formula is C21H34IN5O2. The van der Waals surface area contributed by atoms with E-state index in [1.54, 1.807) is 0 Å². The topological polar surface area (TPSA) is 92.0 Å². The van der Waals surface area contributed by atoms with Crippen LogP contribution >= 0.6 is 24.0 Å². The minimum Gasteiger partial charge on any atom is -0.373 e. The van der Waals surface area contributed by atoms with Crippen molar-refractivity contribution in [3.63, 3.8) is 0 Å². The quantitative estimate of drug-likeness (QED) is 0.293. The van der Waals surface area contributed by atoms with Gasteiger partial charge in [-0.2, -0.15) is 0 Å². The highest BCUT2D eigenvalue weighted by Crippen LogP contribution is 2.34. The summed E-state index contributed by atoms with van der Waals surface area (Å²) in [5.41, 5.74) is 6.53. The lowest BCUT2D eigenvalue weighted by molar-refractivity contribution is -0.119. The first kappa shape index (κ1) is 23.9. The molecule has 2 fully saturated rings. The third kappa shape index (κ3) is 7.42. The fraction of sp³-hybridized carbons (Fsp3) is 0.619. The molecule has 0 aromatic heterocycles. The first-order valence-electron chi connectivity index (χ1n) is 10.4. The molecule has 2 saturated heterocycles. The van der Waals surface area contributed by atoms with Gasteiger partial charge in [0.25, 0.3) is 0 Å². The number of amides is 1. The zero-order valence-corrected chi connectivity index (χ0v) is 19.5. The van der Waals surface area contributed by atoms with Crippen LogP contribution in [0.5, 0.6) is 0 Å². The van der Waals surface area contributed by atoms with Crippen molar-refractivity contribution in [1.82, 2.24) is 15.5 Å². The summed E-state index contributed by atoms with van der Waals surface area (Å²) >= 11 is 0. The Morgan fingerprint density at radius 3 is 2.62 bits per heavy atom. The molecular weight excluding hydrogens is 481 g/mol. The van der Waals surface area contributed by atoms with Gasteiger partial charge in [0.2, 0.25) is 5.91 Å². The third-order valence-electron chi connectivity index (χ3n) is 5.48. The van der Waals surface area contributed by atoms with Gasteiger partial charge in [-0.1, -0.05) is 30.3 Å². The summed E-state index contributed by atoms with van der Waals surface area (Å²) in [6, 6.07) is 10.8. The van der Waals surface area contributed by atoms with Crippen molar-refractivity contribution in [2.75, 3.05) is 39.3 Å². The first-order valence-corrected chi connectivity index (χ1v) is 10.4. The fourth-order valence-electron chi connectivity index (χ4n) is 4.01. The molecule has 2 aliphatic rings. The minimum atomic E-state index is -0.256. The second-order valence-electron chi connectivity index (χ2n) is 7.63. The van der Waals surface area contributed by atoms with E-state index in [9.17, 15) is 4.79 Å². The van der Waals surface area contributed by atoms with E-state index in [0.29, 0.717) is 18.5 Å². The van der Waals surface area contributed by atoms with Crippen LogP contribution in [0.25, 0.3) is 0 Å². The van der Waals surface area contributed by atoms with E-state index >= 15 is 0 Å². The SMILES string of the molecule is CCNC(=NCC1CCOC1c1ccccc1)NC1CCN(CC(N)=O)CC1.I. The first-order chi connectivity index (χ1) is 13.7. The lowest BCUT2D eigenvalue weighted by atomic mass is 9.95. The highest BCUT2D eigenvalue weighted by atomic mass is 127. The molecule has 2 aliphatic heterocycles. The van der Waals surface area contributed by atoms with Crippen molar-refractivity contribution in [1.29, 1.82) is 0 Å². The molecule has 3 rings (SSSR count). The van der Waals surface area contributed by atoms with Gasteiger partial charge in [-0.25, -0.2) is 0 Å². The van der Waals surface area contributed by atoms with Gasteiger partial charge in [-0.15, -0.1) is 24.0 Å². The molecule has 0 radical (unpaired) electrons. The van der Waals surface area contributed by atoms with Gasteiger partial charge < -0.3 is 21.1 Å². The molecule has 1 aromatic rings. The van der Waals surface area contributed by atoms with Crippen LogP contribution in [0.3, 0.4) is 0 Å². The number of rotatable bonds is 7. The zero-order valence-electron chi connectivity index (χ0n) is 17.2. The van der Waals surface area contributed by atoms with Crippen LogP contribution in [0.4, 0.5) is 0 Å². The van der Waals surface area contributed by atoms with Gasteiger partial charge in [0.15, 0.2) is 5.96 Å². The lowest BCUT2D eigenvalue weighted by Crippen LogP contribution is -2.50. The Labute approximate surface area is 190 Å². The fourth-order valence-corrected chi connectivity index (χ4v) is 4.01. The van der Waals surface area contributed by atoms with Crippen molar-refractivity contribution in [3.05, 3.63) is 35.9 Å². The molecule has 8 heteroatoms. The molecule has 2 heterocycles. The molecule has 162 valence electrons. The molecule has 2 atom stereocenters. The molecule has 29 heavy (non-hydrogen) atoms. The highest BCUT2D eigenvalue weighted by Gasteiger charge is 2.29. The van der Waals surface area contributed by atoms with Crippen LogP contribution in [0.1, 0.15) is 37.9 Å². The van der Waals surface area contributed by atoms with Crippen molar-refractivity contribution in [3.8, 4) is 0 Å². The van der Waals surface area contributed by atoms with Crippen LogP contribution in [0.2, 0.25) is 0 Å². The number of piperidine rings is 1. The Kier molecular flexibility index (Phi) is 10.2. The van der Waals surface area contributed by atoms with Crippen LogP contribution < -0.4 is 16.4 Å². The van der Waals surface area contributed by atoms with Gasteiger partial charge >= 0.3 is 0 Å². The van der Waals surface area contributed by atoms with E-state index < -0.39 is 0 Å². The molecule has 2 unspecified atom stereocenters. The Morgan fingerprint density at radius 2 is 1.97 bits per heavy atom. The van der Waals surface area contributed by atoms with Gasteiger partial charge in [0.05, 0.1) is 12.6 Å². The average Bonchev–Trinajstić information content (AvgIpc) is 3.17. The van der Waals surface area contributed by atoms with E-state index in [4.69, 9.17) is 15.5 Å². The van der Waals surface area contributed by atoms with E-state index in [0.717, 1.165) is 58.0 Å². The molecule has 1 aromatic carbocycles. The normalized spacial score (nSPS) is 23.4. The maximum Gasteiger partial charge on any atom is 0.231 e. The Bertz CT molecular complexity index is 650. The number of primary amides is 1. The zero-order chi connectivity index (χ0) is 19.8. The number of carbonyl (C=O) groups is 1. The molecule has 4 N–H and O–H groups in total. The Morgan fingerprint density at radius 1 is 1.24 bits per heavy atom. The van der Waals surface area contributed by atoms with Gasteiger partial charge in [-0.05, 0) is 31.7 Å². The average molecular weight is 515 g/mol. The predicted molar refractivity (Wildman–Crippen MR) is 126 cm³/mol. The number of guanidine groups is 1. The molecule has 0 saturated carbocycles. The van der Waals surface area contributed by atoms with Crippen LogP contribution in [0.15, 0.2) is 35.3 Å². The van der Waals surface area contributed by atoms with E-state index in [2.05, 4.69) is 46.7 Å². The number of carbonyl (C=O) groups excluding carboxylic acids is 1. The van der Waals surface area contributed by atoms with Crippen molar-refractivity contribution >= 4 is 35.8 Å². The number of aliphatic imine (C=N–C) groups is 1. The van der Waals surface area contributed by atoms with Gasteiger partial charge in [0.1, 0.15) is 0 Å². The number of likely N-dealkylation sites (tertiary alicyclic amines) is 1. The summed E-state index contributed by atoms with van der Waals surface area (Å²) in [6.45, 7) is 6.56. The molecule has 0 aliphatic carbocycles. The minimum absolute atomic E-state index is 0.